The molecule has 5 heteroatoms. The quantitative estimate of drug-likeness (QED) is 0.868. The SMILES string of the molecule is CC(=O)c1cccc(NC(=O)c2ccc3c(c2)OCC2(CC2)CO3)c1. The first-order valence-electron chi connectivity index (χ1n) is 8.37. The summed E-state index contributed by atoms with van der Waals surface area (Å²) in [5.74, 6) is 0.992. The predicted octanol–water partition coefficient (Wildman–Crippen LogP) is 3.69. The highest BCUT2D eigenvalue weighted by molar-refractivity contribution is 6.05. The lowest BCUT2D eigenvalue weighted by Crippen LogP contribution is -2.17. The van der Waals surface area contributed by atoms with Crippen LogP contribution in [0, 0.1) is 5.41 Å². The van der Waals surface area contributed by atoms with Gasteiger partial charge in [-0.2, -0.15) is 0 Å². The Hall–Kier alpha value is -2.82. The van der Waals surface area contributed by atoms with Crippen molar-refractivity contribution in [2.24, 2.45) is 5.41 Å². The van der Waals surface area contributed by atoms with Gasteiger partial charge in [0.1, 0.15) is 0 Å². The lowest BCUT2D eigenvalue weighted by molar-refractivity contribution is 0.101. The number of hydrogen-bond acceptors (Lipinski definition) is 4. The van der Waals surface area contributed by atoms with E-state index in [-0.39, 0.29) is 17.1 Å². The first-order chi connectivity index (χ1) is 12.0. The number of nitrogens with one attached hydrogen (secondary N) is 1. The molecule has 2 aliphatic rings. The van der Waals surface area contributed by atoms with Crippen molar-refractivity contribution in [2.75, 3.05) is 18.5 Å². The Bertz CT molecular complexity index is 855. The summed E-state index contributed by atoms with van der Waals surface area (Å²) in [6.45, 7) is 2.80. The van der Waals surface area contributed by atoms with Crippen molar-refractivity contribution in [2.45, 2.75) is 19.8 Å². The molecule has 1 fully saturated rings. The molecule has 1 heterocycles. The number of ketones is 1. The first-order valence-corrected chi connectivity index (χ1v) is 8.37. The van der Waals surface area contributed by atoms with Crippen molar-refractivity contribution in [3.05, 3.63) is 53.6 Å². The predicted molar refractivity (Wildman–Crippen MR) is 93.5 cm³/mol. The summed E-state index contributed by atoms with van der Waals surface area (Å²) in [6.07, 6.45) is 2.25. The van der Waals surface area contributed by atoms with Crippen molar-refractivity contribution in [1.29, 1.82) is 0 Å². The number of anilines is 1. The maximum Gasteiger partial charge on any atom is 0.255 e. The minimum atomic E-state index is -0.252. The van der Waals surface area contributed by atoms with Crippen LogP contribution < -0.4 is 14.8 Å². The number of carbonyl (C=O) groups excluding carboxylic acids is 2. The highest BCUT2D eigenvalue weighted by Crippen LogP contribution is 2.49. The lowest BCUT2D eigenvalue weighted by atomic mass is 10.1. The fraction of sp³-hybridized carbons (Fsp3) is 0.300. The monoisotopic (exact) mass is 337 g/mol. The normalized spacial score (nSPS) is 16.8. The van der Waals surface area contributed by atoms with Crippen molar-refractivity contribution >= 4 is 17.4 Å². The van der Waals surface area contributed by atoms with E-state index in [1.165, 1.54) is 6.92 Å². The van der Waals surface area contributed by atoms with Gasteiger partial charge < -0.3 is 14.8 Å². The maximum absolute atomic E-state index is 12.5. The molecule has 2 aromatic rings. The number of carbonyl (C=O) groups is 2. The van der Waals surface area contributed by atoms with Gasteiger partial charge in [-0.1, -0.05) is 12.1 Å². The van der Waals surface area contributed by atoms with Crippen LogP contribution in [0.5, 0.6) is 11.5 Å². The zero-order valence-electron chi connectivity index (χ0n) is 14.0. The van der Waals surface area contributed by atoms with Crippen molar-refractivity contribution in [1.82, 2.24) is 0 Å². The number of rotatable bonds is 3. The van der Waals surface area contributed by atoms with Gasteiger partial charge in [0.25, 0.3) is 5.91 Å². The lowest BCUT2D eigenvalue weighted by Gasteiger charge is -2.10. The summed E-state index contributed by atoms with van der Waals surface area (Å²) in [4.78, 5) is 24.0. The van der Waals surface area contributed by atoms with Crippen molar-refractivity contribution in [3.8, 4) is 11.5 Å². The van der Waals surface area contributed by atoms with Gasteiger partial charge in [0.15, 0.2) is 17.3 Å². The molecule has 1 saturated carbocycles. The van der Waals surface area contributed by atoms with Gasteiger partial charge in [0.05, 0.1) is 13.2 Å². The molecular formula is C20H19NO4. The van der Waals surface area contributed by atoms with Crippen molar-refractivity contribution < 1.29 is 19.1 Å². The highest BCUT2D eigenvalue weighted by atomic mass is 16.5. The van der Waals surface area contributed by atoms with Gasteiger partial charge in [0.2, 0.25) is 0 Å². The zero-order chi connectivity index (χ0) is 17.4. The molecular weight excluding hydrogens is 318 g/mol. The summed E-state index contributed by atoms with van der Waals surface area (Å²) in [6, 6.07) is 12.1. The largest absolute Gasteiger partial charge is 0.489 e. The fourth-order valence-corrected chi connectivity index (χ4v) is 2.87. The average Bonchev–Trinajstić information content (AvgIpc) is 3.41. The third-order valence-electron chi connectivity index (χ3n) is 4.76. The maximum atomic E-state index is 12.5. The molecule has 0 saturated heterocycles. The standard InChI is InChI=1S/C20H19NO4/c1-13(22)14-3-2-4-16(9-14)21-19(23)15-5-6-17-18(10-15)25-12-20(7-8-20)11-24-17/h2-6,9-10H,7-8,11-12H2,1H3,(H,21,23). The van der Waals surface area contributed by atoms with Crippen LogP contribution in [0.4, 0.5) is 5.69 Å². The molecule has 128 valence electrons. The number of benzene rings is 2. The molecule has 0 aromatic heterocycles. The molecule has 4 rings (SSSR count). The van der Waals surface area contributed by atoms with Gasteiger partial charge in [-0.25, -0.2) is 0 Å². The van der Waals surface area contributed by atoms with E-state index in [1.54, 1.807) is 42.5 Å². The second-order valence-electron chi connectivity index (χ2n) is 6.83. The van der Waals surface area contributed by atoms with Crippen LogP contribution >= 0.6 is 0 Å². The molecule has 0 atom stereocenters. The van der Waals surface area contributed by atoms with Gasteiger partial charge >= 0.3 is 0 Å². The van der Waals surface area contributed by atoms with E-state index in [4.69, 9.17) is 9.47 Å². The Kier molecular flexibility index (Phi) is 3.71. The summed E-state index contributed by atoms with van der Waals surface area (Å²) in [5.41, 5.74) is 1.80. The Balaban J connectivity index is 1.52. The number of amides is 1. The van der Waals surface area contributed by atoms with Crippen LogP contribution in [0.1, 0.15) is 40.5 Å². The Morgan fingerprint density at radius 3 is 2.44 bits per heavy atom. The first kappa shape index (κ1) is 15.7. The van der Waals surface area contributed by atoms with E-state index >= 15 is 0 Å². The topological polar surface area (TPSA) is 64.6 Å². The van der Waals surface area contributed by atoms with Crippen LogP contribution in [0.3, 0.4) is 0 Å². The van der Waals surface area contributed by atoms with E-state index in [2.05, 4.69) is 5.32 Å². The van der Waals surface area contributed by atoms with Crippen LogP contribution in [-0.2, 0) is 0 Å². The second-order valence-corrected chi connectivity index (χ2v) is 6.83. The van der Waals surface area contributed by atoms with E-state index in [9.17, 15) is 9.59 Å². The van der Waals surface area contributed by atoms with E-state index in [1.807, 2.05) is 0 Å². The molecule has 1 amide bonds. The van der Waals surface area contributed by atoms with Gasteiger partial charge in [-0.05, 0) is 50.1 Å². The Labute approximate surface area is 145 Å². The van der Waals surface area contributed by atoms with Gasteiger partial charge in [-0.15, -0.1) is 0 Å². The smallest absolute Gasteiger partial charge is 0.255 e. The Morgan fingerprint density at radius 2 is 1.72 bits per heavy atom. The van der Waals surface area contributed by atoms with Crippen molar-refractivity contribution in [3.63, 3.8) is 0 Å². The minimum Gasteiger partial charge on any atom is -0.489 e. The molecule has 2 aromatic carbocycles. The molecule has 1 aliphatic heterocycles. The summed E-state index contributed by atoms with van der Waals surface area (Å²) < 4.78 is 11.7. The van der Waals surface area contributed by atoms with Crippen LogP contribution in [-0.4, -0.2) is 24.9 Å². The highest BCUT2D eigenvalue weighted by Gasteiger charge is 2.46. The Morgan fingerprint density at radius 1 is 0.960 bits per heavy atom. The van der Waals surface area contributed by atoms with E-state index in [0.717, 1.165) is 12.8 Å². The van der Waals surface area contributed by atoms with E-state index < -0.39 is 0 Å². The molecule has 0 unspecified atom stereocenters. The molecule has 1 aliphatic carbocycles. The molecule has 5 nitrogen and oxygen atoms in total. The third kappa shape index (κ3) is 3.22. The number of fused-ring (bicyclic) bond motifs is 1. The molecule has 25 heavy (non-hydrogen) atoms. The molecule has 0 bridgehead atoms. The number of hydrogen-bond donors (Lipinski definition) is 1. The number of ether oxygens (including phenoxy) is 2. The minimum absolute atomic E-state index is 0.0410. The summed E-state index contributed by atoms with van der Waals surface area (Å²) in [7, 11) is 0. The number of Topliss-reactive ketones (excluding diaryl/α,β-unsaturated/α-hetero) is 1. The van der Waals surface area contributed by atoms with Gasteiger partial charge in [-0.3, -0.25) is 9.59 Å². The summed E-state index contributed by atoms with van der Waals surface area (Å²) in [5, 5.41) is 2.82. The average molecular weight is 337 g/mol. The van der Waals surface area contributed by atoms with Crippen LogP contribution in [0.15, 0.2) is 42.5 Å². The van der Waals surface area contributed by atoms with Crippen LogP contribution in [0.25, 0.3) is 0 Å². The molecule has 1 spiro atoms. The fourth-order valence-electron chi connectivity index (χ4n) is 2.87. The zero-order valence-corrected chi connectivity index (χ0v) is 14.0. The molecule has 1 N–H and O–H groups in total. The van der Waals surface area contributed by atoms with Gasteiger partial charge in [0, 0.05) is 22.2 Å². The van der Waals surface area contributed by atoms with E-state index in [0.29, 0.717) is 41.5 Å². The summed E-state index contributed by atoms with van der Waals surface area (Å²) >= 11 is 0. The second kappa shape index (κ2) is 5.92. The third-order valence-corrected chi connectivity index (χ3v) is 4.76. The van der Waals surface area contributed by atoms with Crippen LogP contribution in [0.2, 0.25) is 0 Å². The molecule has 0 radical (unpaired) electrons.